The van der Waals surface area contributed by atoms with Crippen molar-refractivity contribution >= 4 is 21.9 Å². The maximum atomic E-state index is 13.4. The molecule has 0 bridgehead atoms. The molecule has 0 radical (unpaired) electrons. The summed E-state index contributed by atoms with van der Waals surface area (Å²) in [6, 6.07) is 7.88. The van der Waals surface area contributed by atoms with E-state index in [2.05, 4.69) is 31.1 Å². The van der Waals surface area contributed by atoms with E-state index in [4.69, 9.17) is 4.74 Å². The molecule has 1 aliphatic heterocycles. The topological polar surface area (TPSA) is 54.5 Å². The molecule has 1 aromatic carbocycles. The number of carbonyl (C=O) groups is 1. The number of nitrogens with one attached hydrogen (secondary N) is 1. The summed E-state index contributed by atoms with van der Waals surface area (Å²) in [5.41, 5.74) is 1.37. The van der Waals surface area contributed by atoms with E-state index in [1.165, 1.54) is 12.1 Å². The molecule has 1 fully saturated rings. The number of rotatable bonds is 4. The minimum Gasteiger partial charge on any atom is -0.459 e. The Kier molecular flexibility index (Phi) is 6.47. The number of aromatic nitrogens is 1. The number of carbonyl (C=O) groups excluding carboxylic acids is 1. The number of benzene rings is 1. The zero-order chi connectivity index (χ0) is 20.3. The van der Waals surface area contributed by atoms with Crippen molar-refractivity contribution in [2.45, 2.75) is 45.0 Å². The summed E-state index contributed by atoms with van der Waals surface area (Å²) in [5, 5.41) is 3.33. The van der Waals surface area contributed by atoms with Gasteiger partial charge in [-0.2, -0.15) is 0 Å². The Balaban J connectivity index is 1.93. The molecule has 1 N–H and O–H groups in total. The minimum absolute atomic E-state index is 0.0918. The summed E-state index contributed by atoms with van der Waals surface area (Å²) >= 11 is 3.45. The molecule has 0 spiro atoms. The Hall–Kier alpha value is -1.83. The monoisotopic (exact) mass is 449 g/mol. The van der Waals surface area contributed by atoms with Gasteiger partial charge in [0.1, 0.15) is 17.5 Å². The molecule has 5 nitrogen and oxygen atoms in total. The molecular formula is C21H25BrFN3O2. The normalized spacial score (nSPS) is 20.8. The van der Waals surface area contributed by atoms with E-state index in [0.717, 1.165) is 15.6 Å². The molecule has 0 saturated carbocycles. The lowest BCUT2D eigenvalue weighted by Gasteiger charge is -2.42. The van der Waals surface area contributed by atoms with E-state index in [9.17, 15) is 9.18 Å². The Morgan fingerprint density at radius 3 is 2.64 bits per heavy atom. The highest BCUT2D eigenvalue weighted by Crippen LogP contribution is 2.29. The first-order chi connectivity index (χ1) is 13.2. The number of halogens is 2. The first-order valence-corrected chi connectivity index (χ1v) is 10.1. The first kappa shape index (κ1) is 20.9. The van der Waals surface area contributed by atoms with Gasteiger partial charge in [0.2, 0.25) is 0 Å². The third-order valence-electron chi connectivity index (χ3n) is 4.54. The number of ether oxygens (including phenoxy) is 1. The SMILES string of the molecule is CC(C)(C)OC(=O)C1CNCC(c2ccc(F)cc2)N1Cc1cncc(Br)c1. The van der Waals surface area contributed by atoms with Gasteiger partial charge in [0, 0.05) is 42.5 Å². The fourth-order valence-electron chi connectivity index (χ4n) is 3.36. The van der Waals surface area contributed by atoms with Crippen LogP contribution in [0.2, 0.25) is 0 Å². The van der Waals surface area contributed by atoms with Crippen LogP contribution in [0.5, 0.6) is 0 Å². The summed E-state index contributed by atoms with van der Waals surface area (Å²) in [4.78, 5) is 19.3. The molecule has 0 amide bonds. The average Bonchev–Trinajstić information content (AvgIpc) is 2.61. The van der Waals surface area contributed by atoms with Crippen LogP contribution in [0.25, 0.3) is 0 Å². The molecule has 2 unspecified atom stereocenters. The van der Waals surface area contributed by atoms with E-state index >= 15 is 0 Å². The molecule has 2 atom stereocenters. The Bertz CT molecular complexity index is 823. The summed E-state index contributed by atoms with van der Waals surface area (Å²) < 4.78 is 20.0. The molecule has 7 heteroatoms. The van der Waals surface area contributed by atoms with Crippen LogP contribution in [-0.2, 0) is 16.1 Å². The third kappa shape index (κ3) is 5.37. The van der Waals surface area contributed by atoms with Crippen molar-refractivity contribution in [3.8, 4) is 0 Å². The molecule has 1 aliphatic rings. The number of hydrogen-bond acceptors (Lipinski definition) is 5. The van der Waals surface area contributed by atoms with E-state index in [0.29, 0.717) is 19.6 Å². The maximum Gasteiger partial charge on any atom is 0.325 e. The smallest absolute Gasteiger partial charge is 0.325 e. The number of piperazine rings is 1. The first-order valence-electron chi connectivity index (χ1n) is 9.27. The van der Waals surface area contributed by atoms with Gasteiger partial charge in [0.05, 0.1) is 0 Å². The zero-order valence-electron chi connectivity index (χ0n) is 16.3. The highest BCUT2D eigenvalue weighted by molar-refractivity contribution is 9.10. The Labute approximate surface area is 173 Å². The number of pyridine rings is 1. The fraction of sp³-hybridized carbons (Fsp3) is 0.429. The molecule has 3 rings (SSSR count). The van der Waals surface area contributed by atoms with E-state index in [1.54, 1.807) is 24.5 Å². The van der Waals surface area contributed by atoms with Crippen molar-refractivity contribution < 1.29 is 13.9 Å². The summed E-state index contributed by atoms with van der Waals surface area (Å²) in [6.07, 6.45) is 3.52. The molecule has 1 aromatic heterocycles. The lowest BCUT2D eigenvalue weighted by atomic mass is 9.98. The van der Waals surface area contributed by atoms with Crippen LogP contribution < -0.4 is 5.32 Å². The zero-order valence-corrected chi connectivity index (χ0v) is 17.9. The number of hydrogen-bond donors (Lipinski definition) is 1. The second-order valence-corrected chi connectivity index (χ2v) is 8.87. The van der Waals surface area contributed by atoms with Gasteiger partial charge >= 0.3 is 5.97 Å². The van der Waals surface area contributed by atoms with Gasteiger partial charge in [0.15, 0.2) is 0 Å². The third-order valence-corrected chi connectivity index (χ3v) is 4.97. The number of nitrogens with zero attached hydrogens (tertiary/aromatic N) is 2. The van der Waals surface area contributed by atoms with Crippen LogP contribution in [-0.4, -0.2) is 40.6 Å². The lowest BCUT2D eigenvalue weighted by molar-refractivity contribution is -0.164. The van der Waals surface area contributed by atoms with Gasteiger partial charge in [-0.3, -0.25) is 14.7 Å². The van der Waals surface area contributed by atoms with Crippen LogP contribution in [0, 0.1) is 5.82 Å². The summed E-state index contributed by atoms with van der Waals surface area (Å²) in [7, 11) is 0. The van der Waals surface area contributed by atoms with Gasteiger partial charge < -0.3 is 10.1 Å². The minimum atomic E-state index is -0.567. The van der Waals surface area contributed by atoms with Gasteiger partial charge in [-0.25, -0.2) is 4.39 Å². The van der Waals surface area contributed by atoms with Crippen molar-refractivity contribution in [2.75, 3.05) is 13.1 Å². The summed E-state index contributed by atoms with van der Waals surface area (Å²) in [6.45, 7) is 7.27. The number of esters is 1. The van der Waals surface area contributed by atoms with Crippen LogP contribution in [0.4, 0.5) is 4.39 Å². The quantitative estimate of drug-likeness (QED) is 0.718. The standard InChI is InChI=1S/C21H25BrFN3O2/c1-21(2,3)28-20(27)19-12-25-11-18(15-4-6-17(23)7-5-15)26(19)13-14-8-16(22)10-24-9-14/h4-10,18-19,25H,11-13H2,1-3H3. The predicted octanol–water partition coefficient (Wildman–Crippen LogP) is 3.84. The highest BCUT2D eigenvalue weighted by atomic mass is 79.9. The molecule has 1 saturated heterocycles. The van der Waals surface area contributed by atoms with Crippen molar-refractivity contribution in [1.29, 1.82) is 0 Å². The molecule has 2 aromatic rings. The van der Waals surface area contributed by atoms with Crippen LogP contribution in [0.3, 0.4) is 0 Å². The van der Waals surface area contributed by atoms with Crippen LogP contribution in [0.1, 0.15) is 37.9 Å². The van der Waals surface area contributed by atoms with Gasteiger partial charge in [-0.15, -0.1) is 0 Å². The van der Waals surface area contributed by atoms with Gasteiger partial charge in [-0.1, -0.05) is 12.1 Å². The van der Waals surface area contributed by atoms with E-state index < -0.39 is 11.6 Å². The van der Waals surface area contributed by atoms with E-state index in [1.807, 2.05) is 26.8 Å². The lowest BCUT2D eigenvalue weighted by Crippen LogP contribution is -2.57. The van der Waals surface area contributed by atoms with Crippen molar-refractivity contribution in [3.05, 3.63) is 64.1 Å². The van der Waals surface area contributed by atoms with Gasteiger partial charge in [0.25, 0.3) is 0 Å². The molecule has 28 heavy (non-hydrogen) atoms. The molecule has 150 valence electrons. The van der Waals surface area contributed by atoms with Crippen molar-refractivity contribution in [1.82, 2.24) is 15.2 Å². The van der Waals surface area contributed by atoms with Crippen LogP contribution >= 0.6 is 15.9 Å². The highest BCUT2D eigenvalue weighted by Gasteiger charge is 2.38. The van der Waals surface area contributed by atoms with Gasteiger partial charge in [-0.05, 0) is 66.0 Å². The second kappa shape index (κ2) is 8.68. The second-order valence-electron chi connectivity index (χ2n) is 7.96. The van der Waals surface area contributed by atoms with Crippen molar-refractivity contribution in [2.24, 2.45) is 0 Å². The Morgan fingerprint density at radius 2 is 2.00 bits per heavy atom. The molecular weight excluding hydrogens is 425 g/mol. The average molecular weight is 450 g/mol. The summed E-state index contributed by atoms with van der Waals surface area (Å²) in [5.74, 6) is -0.547. The largest absolute Gasteiger partial charge is 0.459 e. The fourth-order valence-corrected chi connectivity index (χ4v) is 3.78. The van der Waals surface area contributed by atoms with Crippen molar-refractivity contribution in [3.63, 3.8) is 0 Å². The maximum absolute atomic E-state index is 13.4. The predicted molar refractivity (Wildman–Crippen MR) is 109 cm³/mol. The van der Waals surface area contributed by atoms with Crippen LogP contribution in [0.15, 0.2) is 47.2 Å². The Morgan fingerprint density at radius 1 is 1.29 bits per heavy atom. The molecule has 0 aliphatic carbocycles. The van der Waals surface area contributed by atoms with E-state index in [-0.39, 0.29) is 17.8 Å². The molecule has 2 heterocycles.